The molecule has 0 aromatic heterocycles. The monoisotopic (exact) mass is 298 g/mol. The average Bonchev–Trinajstić information content (AvgIpc) is 3.30. The van der Waals surface area contributed by atoms with Crippen LogP contribution in [0.4, 0.5) is 0 Å². The summed E-state index contributed by atoms with van der Waals surface area (Å²) in [5.41, 5.74) is 5.58. The molecule has 0 spiro atoms. The van der Waals surface area contributed by atoms with E-state index in [1.54, 1.807) is 0 Å². The fraction of sp³-hybridized carbons (Fsp3) is 0.933. The zero-order chi connectivity index (χ0) is 15.5. The molecule has 1 unspecified atom stereocenters. The average molecular weight is 298 g/mol. The van der Waals surface area contributed by atoms with E-state index in [0.29, 0.717) is 12.5 Å². The number of carbonyl (C=O) groups excluding carboxylic acids is 1. The van der Waals surface area contributed by atoms with Crippen LogP contribution in [0.2, 0.25) is 0 Å². The number of methoxy groups -OCH3 is 1. The highest BCUT2D eigenvalue weighted by atomic mass is 16.5. The third-order valence-electron chi connectivity index (χ3n) is 4.68. The molecule has 1 aliphatic heterocycles. The molecule has 0 aromatic rings. The number of ether oxygens (including phenoxy) is 1. The molecule has 0 amide bonds. The van der Waals surface area contributed by atoms with E-state index in [0.717, 1.165) is 52.1 Å². The molecule has 1 heterocycles. The summed E-state index contributed by atoms with van der Waals surface area (Å²) >= 11 is 0. The third-order valence-corrected chi connectivity index (χ3v) is 4.68. The molecule has 2 rings (SSSR count). The fourth-order valence-electron chi connectivity index (χ4n) is 3.03. The summed E-state index contributed by atoms with van der Waals surface area (Å²) in [4.78, 5) is 19.0. The SMILES string of the molecule is COC(=O)C(N)(CN1CCN(CCN(C)C)CC1)C1CC1. The second-order valence-electron chi connectivity index (χ2n) is 6.73. The smallest absolute Gasteiger partial charge is 0.327 e. The lowest BCUT2D eigenvalue weighted by Crippen LogP contribution is -2.61. The molecule has 2 N–H and O–H groups in total. The number of hydrogen-bond acceptors (Lipinski definition) is 6. The Labute approximate surface area is 128 Å². The lowest BCUT2D eigenvalue weighted by Gasteiger charge is -2.39. The van der Waals surface area contributed by atoms with E-state index < -0.39 is 5.54 Å². The van der Waals surface area contributed by atoms with E-state index in [-0.39, 0.29) is 5.97 Å². The van der Waals surface area contributed by atoms with Gasteiger partial charge in [0.15, 0.2) is 0 Å². The molecule has 1 aliphatic carbocycles. The minimum absolute atomic E-state index is 0.250. The van der Waals surface area contributed by atoms with Crippen molar-refractivity contribution in [2.45, 2.75) is 18.4 Å². The Morgan fingerprint density at radius 2 is 1.81 bits per heavy atom. The molecule has 0 aromatic carbocycles. The van der Waals surface area contributed by atoms with Crippen molar-refractivity contribution in [1.82, 2.24) is 14.7 Å². The Hall–Kier alpha value is -0.690. The molecule has 122 valence electrons. The van der Waals surface area contributed by atoms with Crippen LogP contribution in [0.5, 0.6) is 0 Å². The van der Waals surface area contributed by atoms with Gasteiger partial charge < -0.3 is 15.4 Å². The van der Waals surface area contributed by atoms with Crippen molar-refractivity contribution in [3.05, 3.63) is 0 Å². The highest BCUT2D eigenvalue weighted by molar-refractivity contribution is 5.81. The second-order valence-corrected chi connectivity index (χ2v) is 6.73. The van der Waals surface area contributed by atoms with Gasteiger partial charge in [-0.1, -0.05) is 0 Å². The molecule has 0 bridgehead atoms. The summed E-state index contributed by atoms with van der Waals surface area (Å²) in [5, 5.41) is 0. The number of carbonyl (C=O) groups is 1. The number of nitrogens with two attached hydrogens (primary N) is 1. The summed E-state index contributed by atoms with van der Waals surface area (Å²) in [6.45, 7) is 6.89. The Balaban J connectivity index is 1.80. The van der Waals surface area contributed by atoms with Crippen molar-refractivity contribution in [3.8, 4) is 0 Å². The van der Waals surface area contributed by atoms with Gasteiger partial charge in [0.1, 0.15) is 5.54 Å². The van der Waals surface area contributed by atoms with E-state index in [2.05, 4.69) is 28.8 Å². The number of piperazine rings is 1. The highest BCUT2D eigenvalue weighted by Crippen LogP contribution is 2.39. The zero-order valence-electron chi connectivity index (χ0n) is 13.7. The van der Waals surface area contributed by atoms with Gasteiger partial charge in [-0.15, -0.1) is 0 Å². The van der Waals surface area contributed by atoms with Gasteiger partial charge in [0.25, 0.3) is 0 Å². The molecule has 1 saturated heterocycles. The van der Waals surface area contributed by atoms with E-state index in [4.69, 9.17) is 10.5 Å². The standard InChI is InChI=1S/C15H30N4O2/c1-17(2)6-7-18-8-10-19(11-9-18)12-15(16,13-4-5-13)14(20)21-3/h13H,4-12,16H2,1-3H3. The van der Waals surface area contributed by atoms with Crippen LogP contribution in [0.25, 0.3) is 0 Å². The van der Waals surface area contributed by atoms with Gasteiger partial charge in [0, 0.05) is 45.8 Å². The van der Waals surface area contributed by atoms with Crippen LogP contribution < -0.4 is 5.73 Å². The van der Waals surface area contributed by atoms with Crippen LogP contribution >= 0.6 is 0 Å². The largest absolute Gasteiger partial charge is 0.468 e. The van der Waals surface area contributed by atoms with Crippen LogP contribution in [0.3, 0.4) is 0 Å². The first kappa shape index (κ1) is 16.7. The Morgan fingerprint density at radius 1 is 1.24 bits per heavy atom. The van der Waals surface area contributed by atoms with E-state index in [9.17, 15) is 4.79 Å². The normalized spacial score (nSPS) is 24.0. The molecule has 1 saturated carbocycles. The van der Waals surface area contributed by atoms with Crippen LogP contribution in [0.15, 0.2) is 0 Å². The Kier molecular flexibility index (Phi) is 5.60. The summed E-state index contributed by atoms with van der Waals surface area (Å²) in [5.74, 6) is 0.0526. The fourth-order valence-corrected chi connectivity index (χ4v) is 3.03. The van der Waals surface area contributed by atoms with E-state index in [1.165, 1.54) is 7.11 Å². The number of rotatable bonds is 7. The van der Waals surface area contributed by atoms with Crippen molar-refractivity contribution in [2.24, 2.45) is 11.7 Å². The van der Waals surface area contributed by atoms with Gasteiger partial charge in [-0.2, -0.15) is 0 Å². The highest BCUT2D eigenvalue weighted by Gasteiger charge is 2.50. The van der Waals surface area contributed by atoms with Crippen LogP contribution in [-0.4, -0.2) is 93.2 Å². The Bertz CT molecular complexity index is 352. The maximum absolute atomic E-state index is 12.0. The summed E-state index contributed by atoms with van der Waals surface area (Å²) < 4.78 is 4.94. The minimum Gasteiger partial charge on any atom is -0.468 e. The van der Waals surface area contributed by atoms with Crippen molar-refractivity contribution in [2.75, 3.05) is 67.0 Å². The van der Waals surface area contributed by atoms with Gasteiger partial charge in [0.2, 0.25) is 0 Å². The molecule has 6 nitrogen and oxygen atoms in total. The zero-order valence-corrected chi connectivity index (χ0v) is 13.7. The van der Waals surface area contributed by atoms with Crippen LogP contribution in [0, 0.1) is 5.92 Å². The first-order valence-corrected chi connectivity index (χ1v) is 7.92. The number of hydrogen-bond donors (Lipinski definition) is 1. The Morgan fingerprint density at radius 3 is 2.29 bits per heavy atom. The minimum atomic E-state index is -0.805. The lowest BCUT2D eigenvalue weighted by atomic mass is 9.93. The molecular weight excluding hydrogens is 268 g/mol. The summed E-state index contributed by atoms with van der Waals surface area (Å²) in [6.07, 6.45) is 2.10. The number of nitrogens with zero attached hydrogens (tertiary/aromatic N) is 3. The number of likely N-dealkylation sites (N-methyl/N-ethyl adjacent to an activating group) is 1. The molecular formula is C15H30N4O2. The second kappa shape index (κ2) is 7.05. The van der Waals surface area contributed by atoms with Crippen molar-refractivity contribution >= 4 is 5.97 Å². The molecule has 2 fully saturated rings. The van der Waals surface area contributed by atoms with Gasteiger partial charge in [0.05, 0.1) is 7.11 Å². The molecule has 0 radical (unpaired) electrons. The summed E-state index contributed by atoms with van der Waals surface area (Å²) in [6, 6.07) is 0. The van der Waals surface area contributed by atoms with Crippen molar-refractivity contribution in [3.63, 3.8) is 0 Å². The quantitative estimate of drug-likeness (QED) is 0.636. The van der Waals surface area contributed by atoms with Crippen LogP contribution in [0.1, 0.15) is 12.8 Å². The maximum Gasteiger partial charge on any atom is 0.327 e. The predicted octanol–water partition coefficient (Wildman–Crippen LogP) is -0.554. The van der Waals surface area contributed by atoms with Crippen molar-refractivity contribution < 1.29 is 9.53 Å². The third kappa shape index (κ3) is 4.39. The van der Waals surface area contributed by atoms with Crippen LogP contribution in [-0.2, 0) is 9.53 Å². The van der Waals surface area contributed by atoms with Gasteiger partial charge >= 0.3 is 5.97 Å². The van der Waals surface area contributed by atoms with E-state index >= 15 is 0 Å². The van der Waals surface area contributed by atoms with E-state index in [1.807, 2.05) is 0 Å². The maximum atomic E-state index is 12.0. The first-order chi connectivity index (χ1) is 9.95. The number of esters is 1. The molecule has 2 aliphatic rings. The van der Waals surface area contributed by atoms with Gasteiger partial charge in [-0.3, -0.25) is 14.6 Å². The van der Waals surface area contributed by atoms with Crippen molar-refractivity contribution in [1.29, 1.82) is 0 Å². The molecule has 1 atom stereocenters. The molecule has 21 heavy (non-hydrogen) atoms. The lowest BCUT2D eigenvalue weighted by molar-refractivity contribution is -0.149. The first-order valence-electron chi connectivity index (χ1n) is 7.92. The topological polar surface area (TPSA) is 62.0 Å². The predicted molar refractivity (Wildman–Crippen MR) is 83.1 cm³/mol. The van der Waals surface area contributed by atoms with Gasteiger partial charge in [-0.25, -0.2) is 0 Å². The summed E-state index contributed by atoms with van der Waals surface area (Å²) in [7, 11) is 5.64. The molecule has 6 heteroatoms. The van der Waals surface area contributed by atoms with Gasteiger partial charge in [-0.05, 0) is 32.9 Å².